The molecule has 4 rings (SSSR count). The first-order chi connectivity index (χ1) is 14.8. The average molecular weight is 473 g/mol. The third-order valence-electron chi connectivity index (χ3n) is 4.45. The van der Waals surface area contributed by atoms with Crippen molar-refractivity contribution in [2.45, 2.75) is 15.5 Å². The number of carbonyl (C=O) groups is 1. The summed E-state index contributed by atoms with van der Waals surface area (Å²) in [6, 6.07) is 19.4. The molecule has 0 fully saturated rings. The molecular weight excluding hydrogens is 456 g/mol. The van der Waals surface area contributed by atoms with Gasteiger partial charge >= 0.3 is 0 Å². The molecule has 158 valence electrons. The van der Waals surface area contributed by atoms with E-state index in [9.17, 15) is 13.2 Å². The number of halogens is 1. The predicted octanol–water partition coefficient (Wildman–Crippen LogP) is 4.41. The number of benzene rings is 3. The molecule has 0 saturated carbocycles. The summed E-state index contributed by atoms with van der Waals surface area (Å²) in [7, 11) is -4.10. The van der Waals surface area contributed by atoms with Crippen molar-refractivity contribution in [2.24, 2.45) is 5.73 Å². The Morgan fingerprint density at radius 2 is 1.81 bits per heavy atom. The lowest BCUT2D eigenvalue weighted by molar-refractivity contribution is 0.1000. The van der Waals surface area contributed by atoms with Crippen molar-refractivity contribution >= 4 is 56.3 Å². The number of primary amides is 1. The molecule has 0 atom stereocenters. The van der Waals surface area contributed by atoms with Gasteiger partial charge in [0.2, 0.25) is 11.9 Å². The number of aromatic nitrogens is 2. The predicted molar refractivity (Wildman–Crippen MR) is 123 cm³/mol. The second-order valence-corrected chi connectivity index (χ2v) is 9.70. The lowest BCUT2D eigenvalue weighted by Gasteiger charge is -2.13. The number of nitrogens with one attached hydrogen (secondary N) is 2. The first-order valence-electron chi connectivity index (χ1n) is 9.11. The van der Waals surface area contributed by atoms with Crippen molar-refractivity contribution in [1.29, 1.82) is 0 Å². The molecule has 0 aliphatic heterocycles. The van der Waals surface area contributed by atoms with E-state index in [0.29, 0.717) is 21.7 Å². The number of H-pyrrole nitrogens is 1. The molecule has 0 aliphatic rings. The first-order valence-corrected chi connectivity index (χ1v) is 12.0. The maximum Gasteiger partial charge on any atom is 0.265 e. The Kier molecular flexibility index (Phi) is 5.90. The van der Waals surface area contributed by atoms with E-state index >= 15 is 0 Å². The number of thioether (sulfide) groups is 1. The normalized spacial score (nSPS) is 11.5. The van der Waals surface area contributed by atoms with E-state index in [2.05, 4.69) is 14.7 Å². The minimum Gasteiger partial charge on any atom is -0.366 e. The Labute approximate surface area is 188 Å². The van der Waals surface area contributed by atoms with Gasteiger partial charge < -0.3 is 10.7 Å². The van der Waals surface area contributed by atoms with Gasteiger partial charge in [-0.25, -0.2) is 18.1 Å². The van der Waals surface area contributed by atoms with Crippen LogP contribution in [0.5, 0.6) is 0 Å². The zero-order valence-electron chi connectivity index (χ0n) is 16.0. The third-order valence-corrected chi connectivity index (χ3v) is 7.39. The second-order valence-electron chi connectivity index (χ2n) is 6.63. The van der Waals surface area contributed by atoms with Crippen LogP contribution in [-0.2, 0) is 15.8 Å². The summed E-state index contributed by atoms with van der Waals surface area (Å²) in [6.07, 6.45) is 0. The number of amides is 1. The lowest BCUT2D eigenvalue weighted by Crippen LogP contribution is -2.18. The number of anilines is 1. The van der Waals surface area contributed by atoms with Gasteiger partial charge in [0, 0.05) is 10.6 Å². The zero-order chi connectivity index (χ0) is 22.0. The molecule has 0 unspecified atom stereocenters. The number of sulfonamides is 1. The molecule has 4 aromatic rings. The van der Waals surface area contributed by atoms with Crippen molar-refractivity contribution in [3.63, 3.8) is 0 Å². The lowest BCUT2D eigenvalue weighted by atomic mass is 10.2. The van der Waals surface area contributed by atoms with Crippen molar-refractivity contribution in [1.82, 2.24) is 9.97 Å². The number of carbonyl (C=O) groups excluding carboxylic acids is 1. The summed E-state index contributed by atoms with van der Waals surface area (Å²) >= 11 is 7.48. The standard InChI is InChI=1S/C21H17ClN4O3S2/c22-15-11-18(30-12-13-6-2-1-3-7-13)19(10-14(15)20(23)27)31(28,29)26-21-24-16-8-4-5-9-17(16)25-21/h1-11H,12H2,(H2,23,27)(H2,24,25,26). The number of para-hydroxylation sites is 2. The van der Waals surface area contributed by atoms with Gasteiger partial charge in [-0.3, -0.25) is 4.79 Å². The van der Waals surface area contributed by atoms with E-state index in [-0.39, 0.29) is 21.4 Å². The highest BCUT2D eigenvalue weighted by Crippen LogP contribution is 2.34. The number of fused-ring (bicyclic) bond motifs is 1. The van der Waals surface area contributed by atoms with E-state index in [4.69, 9.17) is 17.3 Å². The maximum atomic E-state index is 13.2. The molecular formula is C21H17ClN4O3S2. The van der Waals surface area contributed by atoms with Crippen molar-refractivity contribution in [3.8, 4) is 0 Å². The van der Waals surface area contributed by atoms with E-state index in [0.717, 1.165) is 5.56 Å². The van der Waals surface area contributed by atoms with Crippen LogP contribution in [0.1, 0.15) is 15.9 Å². The molecule has 10 heteroatoms. The molecule has 0 bridgehead atoms. The van der Waals surface area contributed by atoms with Gasteiger partial charge in [-0.15, -0.1) is 11.8 Å². The van der Waals surface area contributed by atoms with Gasteiger partial charge in [0.05, 0.1) is 21.6 Å². The van der Waals surface area contributed by atoms with Crippen LogP contribution in [0, 0.1) is 0 Å². The number of nitrogens with two attached hydrogens (primary N) is 1. The summed E-state index contributed by atoms with van der Waals surface area (Å²) in [5, 5.41) is 0.0887. The van der Waals surface area contributed by atoms with Crippen LogP contribution in [0.2, 0.25) is 5.02 Å². The first kappa shape index (κ1) is 21.2. The van der Waals surface area contributed by atoms with Gasteiger partial charge in [0.25, 0.3) is 10.0 Å². The van der Waals surface area contributed by atoms with Crippen LogP contribution in [0.3, 0.4) is 0 Å². The van der Waals surface area contributed by atoms with E-state index < -0.39 is 15.9 Å². The summed E-state index contributed by atoms with van der Waals surface area (Å²) in [5.74, 6) is -0.235. The quantitative estimate of drug-likeness (QED) is 0.344. The van der Waals surface area contributed by atoms with Gasteiger partial charge in [-0.2, -0.15) is 0 Å². The SMILES string of the molecule is NC(=O)c1cc(S(=O)(=O)Nc2nc3ccccc3[nH]2)c(SCc2ccccc2)cc1Cl. The van der Waals surface area contributed by atoms with Crippen molar-refractivity contribution in [2.75, 3.05) is 4.72 Å². The van der Waals surface area contributed by atoms with Crippen molar-refractivity contribution < 1.29 is 13.2 Å². The Morgan fingerprint density at radius 1 is 1.10 bits per heavy atom. The summed E-state index contributed by atoms with van der Waals surface area (Å²) < 4.78 is 28.9. The summed E-state index contributed by atoms with van der Waals surface area (Å²) in [5.41, 5.74) is 7.62. The van der Waals surface area contributed by atoms with Gasteiger partial charge in [0.1, 0.15) is 4.90 Å². The van der Waals surface area contributed by atoms with Crippen LogP contribution in [-0.4, -0.2) is 24.3 Å². The largest absolute Gasteiger partial charge is 0.366 e. The van der Waals surface area contributed by atoms with Gasteiger partial charge in [-0.05, 0) is 29.8 Å². The molecule has 0 aliphatic carbocycles. The molecule has 0 radical (unpaired) electrons. The maximum absolute atomic E-state index is 13.2. The molecule has 1 aromatic heterocycles. The topological polar surface area (TPSA) is 118 Å². The third kappa shape index (κ3) is 4.68. The molecule has 7 nitrogen and oxygen atoms in total. The smallest absolute Gasteiger partial charge is 0.265 e. The number of rotatable bonds is 7. The van der Waals surface area contributed by atoms with E-state index in [1.165, 1.54) is 23.9 Å². The highest BCUT2D eigenvalue weighted by molar-refractivity contribution is 7.99. The molecule has 4 N–H and O–H groups in total. The van der Waals surface area contributed by atoms with E-state index in [1.54, 1.807) is 18.2 Å². The second kappa shape index (κ2) is 8.62. The van der Waals surface area contributed by atoms with Crippen LogP contribution in [0.4, 0.5) is 5.95 Å². The summed E-state index contributed by atoms with van der Waals surface area (Å²) in [4.78, 5) is 19.2. The molecule has 0 saturated heterocycles. The molecule has 1 amide bonds. The highest BCUT2D eigenvalue weighted by atomic mass is 35.5. The Balaban J connectivity index is 1.72. The number of aromatic amines is 1. The van der Waals surface area contributed by atoms with Crippen molar-refractivity contribution in [3.05, 3.63) is 82.9 Å². The fraction of sp³-hybridized carbons (Fsp3) is 0.0476. The molecule has 1 heterocycles. The monoisotopic (exact) mass is 472 g/mol. The van der Waals surface area contributed by atoms with Crippen LogP contribution in [0.25, 0.3) is 11.0 Å². The Hall–Kier alpha value is -3.01. The Bertz CT molecular complexity index is 1340. The fourth-order valence-electron chi connectivity index (χ4n) is 2.97. The number of hydrogen-bond acceptors (Lipinski definition) is 5. The minimum absolute atomic E-state index is 0.0655. The van der Waals surface area contributed by atoms with Gasteiger partial charge in [0.15, 0.2) is 0 Å². The average Bonchev–Trinajstić information content (AvgIpc) is 3.14. The molecule has 3 aromatic carbocycles. The number of nitrogens with zero attached hydrogens (tertiary/aromatic N) is 1. The summed E-state index contributed by atoms with van der Waals surface area (Å²) in [6.45, 7) is 0. The van der Waals surface area contributed by atoms with Crippen LogP contribution < -0.4 is 10.5 Å². The zero-order valence-corrected chi connectivity index (χ0v) is 18.4. The molecule has 0 spiro atoms. The van der Waals surface area contributed by atoms with E-state index in [1.807, 2.05) is 36.4 Å². The van der Waals surface area contributed by atoms with Gasteiger partial charge in [-0.1, -0.05) is 54.1 Å². The van der Waals surface area contributed by atoms with Crippen LogP contribution in [0.15, 0.2) is 76.5 Å². The minimum atomic E-state index is -4.10. The number of hydrogen-bond donors (Lipinski definition) is 3. The fourth-order valence-corrected chi connectivity index (χ4v) is 5.77. The number of imidazole rings is 1. The highest BCUT2D eigenvalue weighted by Gasteiger charge is 2.24. The van der Waals surface area contributed by atoms with Crippen LogP contribution >= 0.6 is 23.4 Å². The molecule has 31 heavy (non-hydrogen) atoms. The Morgan fingerprint density at radius 3 is 2.52 bits per heavy atom.